The van der Waals surface area contributed by atoms with Crippen LogP contribution in [-0.2, 0) is 0 Å². The summed E-state index contributed by atoms with van der Waals surface area (Å²) in [6.45, 7) is 10.3. The minimum absolute atomic E-state index is 0.149. The van der Waals surface area contributed by atoms with E-state index in [-0.39, 0.29) is 6.61 Å². The first-order valence-electron chi connectivity index (χ1n) is 3.92. The van der Waals surface area contributed by atoms with Crippen molar-refractivity contribution in [2.45, 2.75) is 6.92 Å². The van der Waals surface area contributed by atoms with Crippen molar-refractivity contribution in [3.05, 3.63) is 36.6 Å². The average Bonchev–Trinajstić information content (AvgIpc) is 2.00. The molecule has 0 saturated heterocycles. The summed E-state index contributed by atoms with van der Waals surface area (Å²) in [4.78, 5) is 1.89. The van der Waals surface area contributed by atoms with Crippen LogP contribution in [0.5, 0.6) is 0 Å². The van der Waals surface area contributed by atoms with E-state index in [1.165, 1.54) is 0 Å². The minimum Gasteiger partial charge on any atom is -0.395 e. The van der Waals surface area contributed by atoms with E-state index in [2.05, 4.69) is 13.2 Å². The summed E-state index contributed by atoms with van der Waals surface area (Å²) in [6.07, 6.45) is 3.79. The van der Waals surface area contributed by atoms with E-state index in [0.29, 0.717) is 6.54 Å². The Morgan fingerprint density at radius 1 is 1.42 bits per heavy atom. The molecule has 12 heavy (non-hydrogen) atoms. The van der Waals surface area contributed by atoms with Gasteiger partial charge >= 0.3 is 0 Å². The van der Waals surface area contributed by atoms with Gasteiger partial charge in [0, 0.05) is 19.3 Å². The molecule has 0 aromatic heterocycles. The second-order valence-corrected chi connectivity index (χ2v) is 2.82. The van der Waals surface area contributed by atoms with E-state index in [4.69, 9.17) is 5.11 Å². The van der Waals surface area contributed by atoms with Crippen LogP contribution in [0, 0.1) is 0 Å². The Labute approximate surface area is 74.5 Å². The maximum absolute atomic E-state index is 8.64. The molecule has 0 saturated carbocycles. The molecule has 0 aromatic carbocycles. The predicted octanol–water partition coefficient (Wildman–Crippen LogP) is 1.56. The largest absolute Gasteiger partial charge is 0.395 e. The number of nitrogens with zero attached hydrogens (tertiary/aromatic N) is 1. The van der Waals surface area contributed by atoms with Gasteiger partial charge in [-0.1, -0.05) is 24.8 Å². The summed E-state index contributed by atoms with van der Waals surface area (Å²) in [5.74, 6) is 0. The third kappa shape index (κ3) is 4.74. The van der Waals surface area contributed by atoms with Crippen molar-refractivity contribution in [3.8, 4) is 0 Å². The van der Waals surface area contributed by atoms with E-state index < -0.39 is 0 Å². The molecule has 0 amide bonds. The van der Waals surface area contributed by atoms with Crippen molar-refractivity contribution >= 4 is 0 Å². The zero-order chi connectivity index (χ0) is 9.56. The molecule has 0 atom stereocenters. The van der Waals surface area contributed by atoms with Crippen LogP contribution in [-0.4, -0.2) is 30.2 Å². The van der Waals surface area contributed by atoms with E-state index in [1.807, 2.05) is 31.0 Å². The number of hydrogen-bond acceptors (Lipinski definition) is 2. The zero-order valence-corrected chi connectivity index (χ0v) is 7.88. The molecule has 0 fully saturated rings. The second kappa shape index (κ2) is 5.61. The van der Waals surface area contributed by atoms with Crippen LogP contribution in [0.25, 0.3) is 0 Å². The summed E-state index contributed by atoms with van der Waals surface area (Å²) in [7, 11) is 1.89. The molecule has 0 unspecified atom stereocenters. The molecule has 0 spiro atoms. The maximum atomic E-state index is 8.64. The van der Waals surface area contributed by atoms with E-state index >= 15 is 0 Å². The summed E-state index contributed by atoms with van der Waals surface area (Å²) < 4.78 is 0. The highest BCUT2D eigenvalue weighted by atomic mass is 16.3. The lowest BCUT2D eigenvalue weighted by Crippen LogP contribution is -2.19. The monoisotopic (exact) mass is 167 g/mol. The molecule has 0 aliphatic carbocycles. The molecule has 2 heteroatoms. The fourth-order valence-electron chi connectivity index (χ4n) is 0.659. The van der Waals surface area contributed by atoms with Gasteiger partial charge in [-0.15, -0.1) is 0 Å². The Hall–Kier alpha value is -1.02. The average molecular weight is 167 g/mol. The lowest BCUT2D eigenvalue weighted by molar-refractivity contribution is 0.249. The van der Waals surface area contributed by atoms with Crippen LogP contribution in [0.3, 0.4) is 0 Å². The highest BCUT2D eigenvalue weighted by molar-refractivity contribution is 5.21. The van der Waals surface area contributed by atoms with Gasteiger partial charge in [-0.3, -0.25) is 0 Å². The first kappa shape index (κ1) is 11.0. The quantitative estimate of drug-likeness (QED) is 0.628. The molecular formula is C10H17NO. The Bertz CT molecular complexity index is 194. The standard InChI is InChI=1S/C10H17NO/c1-9(2)5-6-10(3)11(4)7-8-12/h5-6,12H,1,3,7-8H2,2,4H3/b6-5-. The van der Waals surface area contributed by atoms with E-state index in [9.17, 15) is 0 Å². The van der Waals surface area contributed by atoms with Crippen LogP contribution >= 0.6 is 0 Å². The van der Waals surface area contributed by atoms with Crippen molar-refractivity contribution in [2.24, 2.45) is 0 Å². The SMILES string of the molecule is C=C(C)/C=C\C(=C)N(C)CCO. The summed E-state index contributed by atoms with van der Waals surface area (Å²) in [6, 6.07) is 0. The van der Waals surface area contributed by atoms with Crippen LogP contribution in [0.15, 0.2) is 36.6 Å². The van der Waals surface area contributed by atoms with Gasteiger partial charge in [0.1, 0.15) is 0 Å². The molecule has 0 aliphatic heterocycles. The predicted molar refractivity (Wildman–Crippen MR) is 52.8 cm³/mol. The fraction of sp³-hybridized carbons (Fsp3) is 0.400. The third-order valence-corrected chi connectivity index (χ3v) is 1.49. The van der Waals surface area contributed by atoms with Gasteiger partial charge < -0.3 is 10.0 Å². The molecule has 0 heterocycles. The lowest BCUT2D eigenvalue weighted by Gasteiger charge is -2.17. The maximum Gasteiger partial charge on any atom is 0.0606 e. The Morgan fingerprint density at radius 2 is 2.00 bits per heavy atom. The molecule has 0 bridgehead atoms. The van der Waals surface area contributed by atoms with Crippen LogP contribution in [0.1, 0.15) is 6.92 Å². The molecule has 2 nitrogen and oxygen atoms in total. The lowest BCUT2D eigenvalue weighted by atomic mass is 10.3. The highest BCUT2D eigenvalue weighted by Gasteiger charge is 1.95. The Balaban J connectivity index is 3.94. The Morgan fingerprint density at radius 3 is 2.42 bits per heavy atom. The summed E-state index contributed by atoms with van der Waals surface area (Å²) in [5.41, 5.74) is 1.88. The third-order valence-electron chi connectivity index (χ3n) is 1.49. The molecule has 0 aromatic rings. The highest BCUT2D eigenvalue weighted by Crippen LogP contribution is 2.01. The van der Waals surface area contributed by atoms with Crippen LogP contribution in [0.2, 0.25) is 0 Å². The van der Waals surface area contributed by atoms with Gasteiger partial charge in [0.05, 0.1) is 6.61 Å². The fourth-order valence-corrected chi connectivity index (χ4v) is 0.659. The molecular weight excluding hydrogens is 150 g/mol. The van der Waals surface area contributed by atoms with Crippen molar-refractivity contribution < 1.29 is 5.11 Å². The van der Waals surface area contributed by atoms with Gasteiger partial charge in [0.2, 0.25) is 0 Å². The van der Waals surface area contributed by atoms with Crippen molar-refractivity contribution in [1.82, 2.24) is 4.90 Å². The zero-order valence-electron chi connectivity index (χ0n) is 7.88. The van der Waals surface area contributed by atoms with Gasteiger partial charge in [-0.05, 0) is 13.0 Å². The van der Waals surface area contributed by atoms with Crippen molar-refractivity contribution in [1.29, 1.82) is 0 Å². The van der Waals surface area contributed by atoms with E-state index in [0.717, 1.165) is 11.3 Å². The molecule has 1 N–H and O–H groups in total. The number of aliphatic hydroxyl groups is 1. The smallest absolute Gasteiger partial charge is 0.0606 e. The number of allylic oxidation sites excluding steroid dienone is 3. The molecule has 0 radical (unpaired) electrons. The summed E-state index contributed by atoms with van der Waals surface area (Å²) >= 11 is 0. The van der Waals surface area contributed by atoms with Crippen molar-refractivity contribution in [2.75, 3.05) is 20.2 Å². The minimum atomic E-state index is 0.149. The van der Waals surface area contributed by atoms with Crippen molar-refractivity contribution in [3.63, 3.8) is 0 Å². The molecule has 0 rings (SSSR count). The van der Waals surface area contributed by atoms with Crippen LogP contribution in [0.4, 0.5) is 0 Å². The first-order chi connectivity index (χ1) is 5.57. The number of rotatable bonds is 5. The first-order valence-corrected chi connectivity index (χ1v) is 3.92. The number of likely N-dealkylation sites (N-methyl/N-ethyl adjacent to an activating group) is 1. The normalized spacial score (nSPS) is 10.2. The number of aliphatic hydroxyl groups excluding tert-OH is 1. The Kier molecular flexibility index (Phi) is 5.13. The van der Waals surface area contributed by atoms with E-state index in [1.54, 1.807) is 0 Å². The van der Waals surface area contributed by atoms with Gasteiger partial charge in [-0.25, -0.2) is 0 Å². The number of hydrogen-bond donors (Lipinski definition) is 1. The van der Waals surface area contributed by atoms with Crippen LogP contribution < -0.4 is 0 Å². The van der Waals surface area contributed by atoms with Gasteiger partial charge in [0.15, 0.2) is 0 Å². The molecule has 68 valence electrons. The van der Waals surface area contributed by atoms with Gasteiger partial charge in [0.25, 0.3) is 0 Å². The summed E-state index contributed by atoms with van der Waals surface area (Å²) in [5, 5.41) is 8.64. The molecule has 0 aliphatic rings. The second-order valence-electron chi connectivity index (χ2n) is 2.82. The van der Waals surface area contributed by atoms with Gasteiger partial charge in [-0.2, -0.15) is 0 Å². The topological polar surface area (TPSA) is 23.5 Å².